The number of sulfonamides is 1. The van der Waals surface area contributed by atoms with Gasteiger partial charge in [-0.1, -0.05) is 18.2 Å². The Morgan fingerprint density at radius 3 is 2.38 bits per heavy atom. The van der Waals surface area contributed by atoms with Gasteiger partial charge in [0.25, 0.3) is 10.0 Å². The number of aliphatic hydroxyl groups excluding tert-OH is 1. The molecule has 0 fully saturated rings. The second kappa shape index (κ2) is 5.87. The van der Waals surface area contributed by atoms with Crippen LogP contribution in [-0.2, 0) is 10.0 Å². The van der Waals surface area contributed by atoms with E-state index in [0.717, 1.165) is 11.1 Å². The summed E-state index contributed by atoms with van der Waals surface area (Å²) < 4.78 is 27.3. The molecule has 0 aliphatic heterocycles. The van der Waals surface area contributed by atoms with Crippen LogP contribution in [0.5, 0.6) is 0 Å². The number of hydrogen-bond donors (Lipinski definition) is 2. The van der Waals surface area contributed by atoms with Crippen LogP contribution in [0.2, 0.25) is 0 Å². The predicted octanol–water partition coefficient (Wildman–Crippen LogP) is 3.16. The quantitative estimate of drug-likeness (QED) is 0.912. The Hall–Kier alpha value is -1.85. The van der Waals surface area contributed by atoms with Gasteiger partial charge in [-0.2, -0.15) is 0 Å². The molecule has 112 valence electrons. The van der Waals surface area contributed by atoms with Crippen molar-refractivity contribution in [1.82, 2.24) is 0 Å². The smallest absolute Gasteiger partial charge is 0.261 e. The zero-order valence-corrected chi connectivity index (χ0v) is 13.1. The van der Waals surface area contributed by atoms with Gasteiger partial charge in [0.05, 0.1) is 11.0 Å². The van der Waals surface area contributed by atoms with Gasteiger partial charge in [0.1, 0.15) is 0 Å². The Morgan fingerprint density at radius 1 is 1.05 bits per heavy atom. The fourth-order valence-corrected chi connectivity index (χ4v) is 3.06. The molecule has 0 saturated carbocycles. The third-order valence-electron chi connectivity index (χ3n) is 3.41. The molecule has 0 spiro atoms. The van der Waals surface area contributed by atoms with Crippen LogP contribution in [0, 0.1) is 13.8 Å². The molecular formula is C16H19NO3S. The predicted molar refractivity (Wildman–Crippen MR) is 83.8 cm³/mol. The van der Waals surface area contributed by atoms with Crippen LogP contribution in [0.25, 0.3) is 0 Å². The van der Waals surface area contributed by atoms with Crippen LogP contribution in [0.15, 0.2) is 47.4 Å². The van der Waals surface area contributed by atoms with Gasteiger partial charge in [0.2, 0.25) is 0 Å². The maximum absolute atomic E-state index is 12.4. The van der Waals surface area contributed by atoms with E-state index in [1.54, 1.807) is 31.2 Å². The molecule has 0 heterocycles. The lowest BCUT2D eigenvalue weighted by Gasteiger charge is -2.11. The Morgan fingerprint density at radius 2 is 1.76 bits per heavy atom. The second-order valence-electron chi connectivity index (χ2n) is 5.15. The molecule has 2 aromatic carbocycles. The normalized spacial score (nSPS) is 13.0. The summed E-state index contributed by atoms with van der Waals surface area (Å²) in [4.78, 5) is 0.138. The van der Waals surface area contributed by atoms with Crippen LogP contribution in [0.1, 0.15) is 29.7 Å². The van der Waals surface area contributed by atoms with E-state index >= 15 is 0 Å². The fraction of sp³-hybridized carbons (Fsp3) is 0.250. The molecule has 0 bridgehead atoms. The van der Waals surface area contributed by atoms with Crippen molar-refractivity contribution < 1.29 is 13.5 Å². The highest BCUT2D eigenvalue weighted by atomic mass is 32.2. The number of hydrogen-bond acceptors (Lipinski definition) is 3. The number of rotatable bonds is 4. The molecule has 0 amide bonds. The summed E-state index contributed by atoms with van der Waals surface area (Å²) >= 11 is 0. The molecule has 0 aliphatic rings. The first-order valence-electron chi connectivity index (χ1n) is 6.68. The largest absolute Gasteiger partial charge is 0.389 e. The SMILES string of the molecule is Cc1ccc(NS(=O)(=O)c2cccc(C(C)O)c2)cc1C. The lowest BCUT2D eigenvalue weighted by molar-refractivity contribution is 0.199. The molecule has 0 saturated heterocycles. The Balaban J connectivity index is 2.33. The highest BCUT2D eigenvalue weighted by molar-refractivity contribution is 7.92. The van der Waals surface area contributed by atoms with Gasteiger partial charge in [0.15, 0.2) is 0 Å². The van der Waals surface area contributed by atoms with Gasteiger partial charge in [-0.15, -0.1) is 0 Å². The first-order chi connectivity index (χ1) is 9.79. The highest BCUT2D eigenvalue weighted by Crippen LogP contribution is 2.21. The molecule has 2 aromatic rings. The zero-order chi connectivity index (χ0) is 15.6. The highest BCUT2D eigenvalue weighted by Gasteiger charge is 2.15. The molecule has 5 heteroatoms. The minimum atomic E-state index is -3.66. The summed E-state index contributed by atoms with van der Waals surface area (Å²) in [5, 5.41) is 9.56. The summed E-state index contributed by atoms with van der Waals surface area (Å²) in [6.07, 6.45) is -0.707. The molecule has 1 atom stereocenters. The van der Waals surface area contributed by atoms with Gasteiger partial charge < -0.3 is 5.11 Å². The topological polar surface area (TPSA) is 66.4 Å². The van der Waals surface area contributed by atoms with E-state index in [0.29, 0.717) is 11.3 Å². The van der Waals surface area contributed by atoms with Crippen LogP contribution in [0.3, 0.4) is 0 Å². The van der Waals surface area contributed by atoms with E-state index in [4.69, 9.17) is 0 Å². The van der Waals surface area contributed by atoms with Gasteiger partial charge in [-0.05, 0) is 61.7 Å². The summed E-state index contributed by atoms with van der Waals surface area (Å²) in [7, 11) is -3.66. The minimum Gasteiger partial charge on any atom is -0.389 e. The summed E-state index contributed by atoms with van der Waals surface area (Å²) in [5.41, 5.74) is 3.22. The molecule has 4 nitrogen and oxygen atoms in total. The fourth-order valence-electron chi connectivity index (χ4n) is 1.96. The zero-order valence-electron chi connectivity index (χ0n) is 12.3. The van der Waals surface area contributed by atoms with Crippen molar-refractivity contribution in [3.63, 3.8) is 0 Å². The van der Waals surface area contributed by atoms with E-state index in [2.05, 4.69) is 4.72 Å². The molecule has 1 unspecified atom stereocenters. The molecule has 2 N–H and O–H groups in total. The monoisotopic (exact) mass is 305 g/mol. The maximum atomic E-state index is 12.4. The average Bonchev–Trinajstić information content (AvgIpc) is 2.43. The summed E-state index contributed by atoms with van der Waals surface area (Å²) in [6.45, 7) is 5.50. The number of aryl methyl sites for hydroxylation is 2. The van der Waals surface area contributed by atoms with E-state index in [1.807, 2.05) is 19.9 Å². The van der Waals surface area contributed by atoms with Crippen LogP contribution in [-0.4, -0.2) is 13.5 Å². The van der Waals surface area contributed by atoms with Gasteiger partial charge >= 0.3 is 0 Å². The summed E-state index contributed by atoms with van der Waals surface area (Å²) in [5.74, 6) is 0. The van der Waals surface area contributed by atoms with E-state index in [9.17, 15) is 13.5 Å². The number of benzene rings is 2. The van der Waals surface area contributed by atoms with Gasteiger partial charge in [-0.3, -0.25) is 4.72 Å². The van der Waals surface area contributed by atoms with Crippen molar-refractivity contribution in [3.05, 3.63) is 59.2 Å². The van der Waals surface area contributed by atoms with Crippen molar-refractivity contribution in [3.8, 4) is 0 Å². The molecular weight excluding hydrogens is 286 g/mol. The summed E-state index contributed by atoms with van der Waals surface area (Å²) in [6, 6.07) is 11.7. The third kappa shape index (κ3) is 3.62. The van der Waals surface area contributed by atoms with Gasteiger partial charge in [-0.25, -0.2) is 8.42 Å². The molecule has 0 aliphatic carbocycles. The molecule has 0 radical (unpaired) electrons. The maximum Gasteiger partial charge on any atom is 0.261 e. The van der Waals surface area contributed by atoms with Crippen molar-refractivity contribution in [2.45, 2.75) is 31.8 Å². The number of anilines is 1. The van der Waals surface area contributed by atoms with Crippen molar-refractivity contribution >= 4 is 15.7 Å². The van der Waals surface area contributed by atoms with Crippen molar-refractivity contribution in [1.29, 1.82) is 0 Å². The molecule has 2 rings (SSSR count). The standard InChI is InChI=1S/C16H19NO3S/c1-11-7-8-15(9-12(11)2)17-21(19,20)16-6-4-5-14(10-16)13(3)18/h4-10,13,17-18H,1-3H3. The van der Waals surface area contributed by atoms with Crippen LogP contribution < -0.4 is 4.72 Å². The Bertz CT molecular complexity index is 752. The van der Waals surface area contributed by atoms with Crippen molar-refractivity contribution in [2.75, 3.05) is 4.72 Å². The lowest BCUT2D eigenvalue weighted by Crippen LogP contribution is -2.13. The van der Waals surface area contributed by atoms with E-state index in [-0.39, 0.29) is 4.90 Å². The van der Waals surface area contributed by atoms with Crippen molar-refractivity contribution in [2.24, 2.45) is 0 Å². The first-order valence-corrected chi connectivity index (χ1v) is 8.16. The lowest BCUT2D eigenvalue weighted by atomic mass is 10.1. The number of nitrogens with one attached hydrogen (secondary N) is 1. The van der Waals surface area contributed by atoms with E-state index in [1.165, 1.54) is 12.1 Å². The Labute approximate surface area is 125 Å². The van der Waals surface area contributed by atoms with E-state index < -0.39 is 16.1 Å². The van der Waals surface area contributed by atoms with Crippen LogP contribution in [0.4, 0.5) is 5.69 Å². The third-order valence-corrected chi connectivity index (χ3v) is 4.79. The minimum absolute atomic E-state index is 0.138. The van der Waals surface area contributed by atoms with Crippen LogP contribution >= 0.6 is 0 Å². The molecule has 0 aromatic heterocycles. The first kappa shape index (κ1) is 15.5. The number of aliphatic hydroxyl groups is 1. The molecule has 21 heavy (non-hydrogen) atoms. The second-order valence-corrected chi connectivity index (χ2v) is 6.84. The Kier molecular flexibility index (Phi) is 4.34. The average molecular weight is 305 g/mol. The van der Waals surface area contributed by atoms with Gasteiger partial charge in [0, 0.05) is 5.69 Å².